The molecule has 0 aliphatic heterocycles. The Balaban J connectivity index is 2.41. The SMILES string of the molecule is CCc1cccc(C(=O)c2ccc(C)cc2F)c1. The number of carbonyl (C=O) groups is 1. The minimum Gasteiger partial charge on any atom is -0.288 e. The highest BCUT2D eigenvalue weighted by molar-refractivity contribution is 6.09. The molecule has 0 unspecified atom stereocenters. The number of rotatable bonds is 3. The van der Waals surface area contributed by atoms with E-state index in [-0.39, 0.29) is 11.3 Å². The second-order valence-corrected chi connectivity index (χ2v) is 4.37. The molecule has 0 saturated carbocycles. The van der Waals surface area contributed by atoms with Crippen molar-refractivity contribution in [2.45, 2.75) is 20.3 Å². The van der Waals surface area contributed by atoms with Crippen molar-refractivity contribution in [3.8, 4) is 0 Å². The van der Waals surface area contributed by atoms with E-state index in [2.05, 4.69) is 0 Å². The number of halogens is 1. The van der Waals surface area contributed by atoms with E-state index in [0.29, 0.717) is 5.56 Å². The predicted molar refractivity (Wildman–Crippen MR) is 70.4 cm³/mol. The first kappa shape index (κ1) is 12.5. The smallest absolute Gasteiger partial charge is 0.195 e. The Morgan fingerprint density at radius 1 is 1.17 bits per heavy atom. The summed E-state index contributed by atoms with van der Waals surface area (Å²) < 4.78 is 13.7. The molecule has 0 fully saturated rings. The van der Waals surface area contributed by atoms with Gasteiger partial charge in [-0.15, -0.1) is 0 Å². The molecule has 0 radical (unpaired) electrons. The van der Waals surface area contributed by atoms with Crippen LogP contribution in [-0.4, -0.2) is 5.78 Å². The zero-order valence-corrected chi connectivity index (χ0v) is 10.5. The summed E-state index contributed by atoms with van der Waals surface area (Å²) in [5.41, 5.74) is 2.56. The highest BCUT2D eigenvalue weighted by Crippen LogP contribution is 2.16. The van der Waals surface area contributed by atoms with E-state index in [1.165, 1.54) is 6.07 Å². The summed E-state index contributed by atoms with van der Waals surface area (Å²) in [6, 6.07) is 12.0. The van der Waals surface area contributed by atoms with Gasteiger partial charge in [-0.2, -0.15) is 0 Å². The van der Waals surface area contributed by atoms with E-state index in [1.807, 2.05) is 25.1 Å². The zero-order valence-electron chi connectivity index (χ0n) is 10.5. The van der Waals surface area contributed by atoms with Crippen LogP contribution >= 0.6 is 0 Å². The Labute approximate surface area is 106 Å². The Morgan fingerprint density at radius 2 is 1.94 bits per heavy atom. The maximum absolute atomic E-state index is 13.7. The van der Waals surface area contributed by atoms with Crippen molar-refractivity contribution in [3.05, 3.63) is 70.5 Å². The van der Waals surface area contributed by atoms with Crippen molar-refractivity contribution >= 4 is 5.78 Å². The van der Waals surface area contributed by atoms with E-state index in [0.717, 1.165) is 17.5 Å². The topological polar surface area (TPSA) is 17.1 Å². The Bertz CT molecular complexity index is 587. The fourth-order valence-corrected chi connectivity index (χ4v) is 1.89. The van der Waals surface area contributed by atoms with Crippen LogP contribution < -0.4 is 0 Å². The minimum absolute atomic E-state index is 0.133. The number of aryl methyl sites for hydroxylation is 2. The van der Waals surface area contributed by atoms with Gasteiger partial charge in [0.2, 0.25) is 0 Å². The van der Waals surface area contributed by atoms with Gasteiger partial charge < -0.3 is 0 Å². The van der Waals surface area contributed by atoms with Crippen LogP contribution in [0.2, 0.25) is 0 Å². The molecule has 0 heterocycles. The molecule has 0 aliphatic carbocycles. The van der Waals surface area contributed by atoms with Gasteiger partial charge in [0, 0.05) is 5.56 Å². The van der Waals surface area contributed by atoms with Crippen molar-refractivity contribution < 1.29 is 9.18 Å². The molecule has 0 bridgehead atoms. The molecule has 0 aliphatic rings. The minimum atomic E-state index is -0.457. The second-order valence-electron chi connectivity index (χ2n) is 4.37. The van der Waals surface area contributed by atoms with Crippen molar-refractivity contribution in [2.24, 2.45) is 0 Å². The summed E-state index contributed by atoms with van der Waals surface area (Å²) in [4.78, 5) is 12.2. The number of hydrogen-bond donors (Lipinski definition) is 0. The third-order valence-electron chi connectivity index (χ3n) is 2.97. The van der Waals surface area contributed by atoms with E-state index in [9.17, 15) is 9.18 Å². The van der Waals surface area contributed by atoms with Gasteiger partial charge >= 0.3 is 0 Å². The summed E-state index contributed by atoms with van der Waals surface area (Å²) in [5, 5.41) is 0. The summed E-state index contributed by atoms with van der Waals surface area (Å²) in [6.07, 6.45) is 0.859. The molecule has 0 aromatic heterocycles. The van der Waals surface area contributed by atoms with Crippen LogP contribution in [0, 0.1) is 12.7 Å². The molecule has 2 heteroatoms. The molecule has 0 N–H and O–H groups in total. The Kier molecular flexibility index (Phi) is 3.56. The van der Waals surface area contributed by atoms with Gasteiger partial charge in [-0.1, -0.05) is 31.2 Å². The molecule has 1 nitrogen and oxygen atoms in total. The van der Waals surface area contributed by atoms with E-state index >= 15 is 0 Å². The van der Waals surface area contributed by atoms with Gasteiger partial charge in [0.25, 0.3) is 0 Å². The van der Waals surface area contributed by atoms with Crippen LogP contribution in [0.1, 0.15) is 34.0 Å². The van der Waals surface area contributed by atoms with Crippen LogP contribution in [0.5, 0.6) is 0 Å². The van der Waals surface area contributed by atoms with Crippen molar-refractivity contribution in [1.82, 2.24) is 0 Å². The van der Waals surface area contributed by atoms with E-state index in [1.54, 1.807) is 25.1 Å². The molecule has 0 atom stereocenters. The maximum Gasteiger partial charge on any atom is 0.195 e. The van der Waals surface area contributed by atoms with Crippen LogP contribution in [0.25, 0.3) is 0 Å². The number of benzene rings is 2. The maximum atomic E-state index is 13.7. The van der Waals surface area contributed by atoms with Gasteiger partial charge in [0.05, 0.1) is 5.56 Å². The van der Waals surface area contributed by atoms with Gasteiger partial charge in [0.15, 0.2) is 5.78 Å². The van der Waals surface area contributed by atoms with Crippen molar-refractivity contribution in [3.63, 3.8) is 0 Å². The highest BCUT2D eigenvalue weighted by Gasteiger charge is 2.13. The first-order chi connectivity index (χ1) is 8.61. The molecule has 0 saturated heterocycles. The lowest BCUT2D eigenvalue weighted by molar-refractivity contribution is 0.103. The van der Waals surface area contributed by atoms with E-state index in [4.69, 9.17) is 0 Å². The van der Waals surface area contributed by atoms with Crippen LogP contribution in [0.15, 0.2) is 42.5 Å². The molecule has 2 aromatic carbocycles. The molecular weight excluding hydrogens is 227 g/mol. The molecule has 2 aromatic rings. The third kappa shape index (κ3) is 2.48. The average Bonchev–Trinajstić information content (AvgIpc) is 2.38. The summed E-state index contributed by atoms with van der Waals surface area (Å²) >= 11 is 0. The molecule has 18 heavy (non-hydrogen) atoms. The Hall–Kier alpha value is -1.96. The molecule has 2 rings (SSSR count). The summed E-state index contributed by atoms with van der Waals surface area (Å²) in [6.45, 7) is 3.82. The first-order valence-electron chi connectivity index (χ1n) is 6.01. The molecular formula is C16H15FO. The van der Waals surface area contributed by atoms with Crippen LogP contribution in [0.3, 0.4) is 0 Å². The first-order valence-corrected chi connectivity index (χ1v) is 6.01. The van der Waals surface area contributed by atoms with Gasteiger partial charge in [-0.3, -0.25) is 4.79 Å². The van der Waals surface area contributed by atoms with Crippen LogP contribution in [0.4, 0.5) is 4.39 Å². The quantitative estimate of drug-likeness (QED) is 0.745. The molecule has 92 valence electrons. The van der Waals surface area contributed by atoms with Crippen molar-refractivity contribution in [1.29, 1.82) is 0 Å². The third-order valence-corrected chi connectivity index (χ3v) is 2.97. The van der Waals surface area contributed by atoms with Gasteiger partial charge in [-0.25, -0.2) is 4.39 Å². The lowest BCUT2D eigenvalue weighted by atomic mass is 9.99. The molecule has 0 spiro atoms. The fraction of sp³-hybridized carbons (Fsp3) is 0.188. The lowest BCUT2D eigenvalue weighted by Gasteiger charge is -2.05. The van der Waals surface area contributed by atoms with Gasteiger partial charge in [-0.05, 0) is 42.7 Å². The largest absolute Gasteiger partial charge is 0.288 e. The normalized spacial score (nSPS) is 10.4. The zero-order chi connectivity index (χ0) is 13.1. The second kappa shape index (κ2) is 5.13. The summed E-state index contributed by atoms with van der Waals surface area (Å²) in [7, 11) is 0. The number of ketones is 1. The summed E-state index contributed by atoms with van der Waals surface area (Å²) in [5.74, 6) is -0.718. The Morgan fingerprint density at radius 3 is 2.61 bits per heavy atom. The van der Waals surface area contributed by atoms with Crippen molar-refractivity contribution in [2.75, 3.05) is 0 Å². The van der Waals surface area contributed by atoms with Crippen LogP contribution in [-0.2, 0) is 6.42 Å². The number of carbonyl (C=O) groups excluding carboxylic acids is 1. The monoisotopic (exact) mass is 242 g/mol. The standard InChI is InChI=1S/C16H15FO/c1-3-12-5-4-6-13(10-12)16(18)14-8-7-11(2)9-15(14)17/h4-10H,3H2,1-2H3. The lowest BCUT2D eigenvalue weighted by Crippen LogP contribution is -2.05. The highest BCUT2D eigenvalue weighted by atomic mass is 19.1. The predicted octanol–water partition coefficient (Wildman–Crippen LogP) is 3.93. The molecule has 0 amide bonds. The van der Waals surface area contributed by atoms with E-state index < -0.39 is 5.82 Å². The average molecular weight is 242 g/mol. The fourth-order valence-electron chi connectivity index (χ4n) is 1.89. The number of hydrogen-bond acceptors (Lipinski definition) is 1. The van der Waals surface area contributed by atoms with Gasteiger partial charge in [0.1, 0.15) is 5.82 Å².